The van der Waals surface area contributed by atoms with Crippen molar-refractivity contribution in [3.63, 3.8) is 0 Å². The molecule has 0 saturated carbocycles. The highest BCUT2D eigenvalue weighted by atomic mass is 35.5. The second-order valence-electron chi connectivity index (χ2n) is 8.96. The maximum Gasteiger partial charge on any atom is 0.319 e. The lowest BCUT2D eigenvalue weighted by Gasteiger charge is -2.41. The summed E-state index contributed by atoms with van der Waals surface area (Å²) in [5, 5.41) is 8.99. The molecule has 176 valence electrons. The summed E-state index contributed by atoms with van der Waals surface area (Å²) >= 11 is 5.83. The SMILES string of the molecule is CC(C)(CNC(=O)Nc1cccc(C(=O)Nc2ccc(Cl)cn2)c1)N1CCc2ccccc2C1. The van der Waals surface area contributed by atoms with Crippen LogP contribution in [0.4, 0.5) is 16.3 Å². The second-order valence-corrected chi connectivity index (χ2v) is 9.39. The topological polar surface area (TPSA) is 86.4 Å². The Balaban J connectivity index is 1.31. The highest BCUT2D eigenvalue weighted by Crippen LogP contribution is 2.25. The zero-order valence-electron chi connectivity index (χ0n) is 19.3. The number of benzene rings is 2. The molecule has 3 aromatic rings. The van der Waals surface area contributed by atoms with Crippen molar-refractivity contribution >= 4 is 35.0 Å². The van der Waals surface area contributed by atoms with Crippen LogP contribution in [0.15, 0.2) is 66.9 Å². The van der Waals surface area contributed by atoms with Crippen LogP contribution in [0.2, 0.25) is 5.02 Å². The van der Waals surface area contributed by atoms with Crippen molar-refractivity contribution in [2.75, 3.05) is 23.7 Å². The lowest BCUT2D eigenvalue weighted by atomic mass is 9.94. The van der Waals surface area contributed by atoms with Crippen LogP contribution in [-0.4, -0.2) is 40.5 Å². The fourth-order valence-electron chi connectivity index (χ4n) is 3.97. The molecule has 0 atom stereocenters. The minimum Gasteiger partial charge on any atom is -0.336 e. The second kappa shape index (κ2) is 10.2. The van der Waals surface area contributed by atoms with E-state index in [0.717, 1.165) is 19.5 Å². The highest BCUT2D eigenvalue weighted by Gasteiger charge is 2.30. The normalized spacial score (nSPS) is 13.6. The number of hydrogen-bond donors (Lipinski definition) is 3. The van der Waals surface area contributed by atoms with Crippen molar-refractivity contribution in [2.45, 2.75) is 32.4 Å². The van der Waals surface area contributed by atoms with Gasteiger partial charge in [0.25, 0.3) is 5.91 Å². The summed E-state index contributed by atoms with van der Waals surface area (Å²) in [6.07, 6.45) is 2.47. The maximum atomic E-state index is 12.6. The number of halogens is 1. The van der Waals surface area contributed by atoms with Gasteiger partial charge in [-0.05, 0) is 61.7 Å². The molecule has 2 heterocycles. The van der Waals surface area contributed by atoms with Crippen LogP contribution in [0.5, 0.6) is 0 Å². The first kappa shape index (κ1) is 23.7. The first-order valence-corrected chi connectivity index (χ1v) is 11.6. The van der Waals surface area contributed by atoms with Crippen LogP contribution in [0, 0.1) is 0 Å². The standard InChI is InChI=1S/C26H28ClN5O2/c1-26(2,32-13-12-18-6-3-4-7-20(18)16-32)17-29-25(34)30-22-9-5-8-19(14-22)24(33)31-23-11-10-21(27)15-28-23/h3-11,14-15H,12-13,16-17H2,1-2H3,(H,28,31,33)(H2,29,30,34). The molecule has 3 amide bonds. The molecule has 0 unspecified atom stereocenters. The molecule has 0 aliphatic carbocycles. The van der Waals surface area contributed by atoms with Gasteiger partial charge in [0.1, 0.15) is 5.82 Å². The van der Waals surface area contributed by atoms with Gasteiger partial charge < -0.3 is 16.0 Å². The predicted octanol–water partition coefficient (Wildman–Crippen LogP) is 4.95. The average Bonchev–Trinajstić information content (AvgIpc) is 2.84. The van der Waals surface area contributed by atoms with Crippen LogP contribution < -0.4 is 16.0 Å². The summed E-state index contributed by atoms with van der Waals surface area (Å²) in [7, 11) is 0. The number of aromatic nitrogens is 1. The van der Waals surface area contributed by atoms with Crippen molar-refractivity contribution in [1.29, 1.82) is 0 Å². The van der Waals surface area contributed by atoms with Gasteiger partial charge in [-0.15, -0.1) is 0 Å². The van der Waals surface area contributed by atoms with E-state index in [0.29, 0.717) is 28.6 Å². The first-order valence-electron chi connectivity index (χ1n) is 11.2. The minimum atomic E-state index is -0.328. The largest absolute Gasteiger partial charge is 0.336 e. The number of fused-ring (bicyclic) bond motifs is 1. The molecule has 1 aromatic heterocycles. The van der Waals surface area contributed by atoms with E-state index in [2.05, 4.69) is 63.9 Å². The van der Waals surface area contributed by atoms with Gasteiger partial charge in [-0.25, -0.2) is 9.78 Å². The summed E-state index contributed by atoms with van der Waals surface area (Å²) in [6.45, 7) is 6.58. The van der Waals surface area contributed by atoms with E-state index in [1.807, 2.05) is 0 Å². The monoisotopic (exact) mass is 477 g/mol. The van der Waals surface area contributed by atoms with E-state index in [4.69, 9.17) is 11.6 Å². The van der Waals surface area contributed by atoms with Gasteiger partial charge in [0.15, 0.2) is 0 Å². The van der Waals surface area contributed by atoms with Crippen LogP contribution in [0.1, 0.15) is 35.3 Å². The maximum absolute atomic E-state index is 12.6. The van der Waals surface area contributed by atoms with E-state index < -0.39 is 0 Å². The van der Waals surface area contributed by atoms with E-state index in [9.17, 15) is 9.59 Å². The molecule has 0 spiro atoms. The molecule has 0 radical (unpaired) electrons. The zero-order valence-corrected chi connectivity index (χ0v) is 20.0. The minimum absolute atomic E-state index is 0.210. The summed E-state index contributed by atoms with van der Waals surface area (Å²) in [4.78, 5) is 31.6. The van der Waals surface area contributed by atoms with Crippen molar-refractivity contribution in [1.82, 2.24) is 15.2 Å². The molecule has 8 heteroatoms. The number of pyridine rings is 1. The molecule has 7 nitrogen and oxygen atoms in total. The van der Waals surface area contributed by atoms with Crippen molar-refractivity contribution in [3.05, 3.63) is 88.6 Å². The third kappa shape index (κ3) is 5.92. The molecule has 0 fully saturated rings. The molecular formula is C26H28ClN5O2. The Kier molecular flexibility index (Phi) is 7.14. The molecule has 3 N–H and O–H groups in total. The third-order valence-electron chi connectivity index (χ3n) is 6.02. The Bertz CT molecular complexity index is 1180. The number of nitrogens with zero attached hydrogens (tertiary/aromatic N) is 2. The molecule has 0 bridgehead atoms. The van der Waals surface area contributed by atoms with Crippen LogP contribution in [0.25, 0.3) is 0 Å². The average molecular weight is 478 g/mol. The molecule has 1 aliphatic rings. The Morgan fingerprint density at radius 3 is 2.59 bits per heavy atom. The molecule has 34 heavy (non-hydrogen) atoms. The van der Waals surface area contributed by atoms with Crippen molar-refractivity contribution in [2.24, 2.45) is 0 Å². The fraction of sp³-hybridized carbons (Fsp3) is 0.269. The van der Waals surface area contributed by atoms with E-state index in [1.165, 1.54) is 17.3 Å². The summed E-state index contributed by atoms with van der Waals surface area (Å²) < 4.78 is 0. The third-order valence-corrected chi connectivity index (χ3v) is 6.24. The van der Waals surface area contributed by atoms with Gasteiger partial charge in [0, 0.05) is 42.6 Å². The molecular weight excluding hydrogens is 450 g/mol. The van der Waals surface area contributed by atoms with Crippen LogP contribution in [-0.2, 0) is 13.0 Å². The van der Waals surface area contributed by atoms with E-state index in [-0.39, 0.29) is 17.5 Å². The lowest BCUT2D eigenvalue weighted by molar-refractivity contribution is 0.102. The number of hydrogen-bond acceptors (Lipinski definition) is 4. The Labute approximate surface area is 204 Å². The Morgan fingerprint density at radius 2 is 1.82 bits per heavy atom. The highest BCUT2D eigenvalue weighted by molar-refractivity contribution is 6.30. The Hall–Kier alpha value is -3.42. The van der Waals surface area contributed by atoms with Gasteiger partial charge in [0.2, 0.25) is 0 Å². The van der Waals surface area contributed by atoms with Gasteiger partial charge in [-0.2, -0.15) is 0 Å². The summed E-state index contributed by atoms with van der Waals surface area (Å²) in [5.74, 6) is 0.0680. The van der Waals surface area contributed by atoms with Gasteiger partial charge >= 0.3 is 6.03 Å². The van der Waals surface area contributed by atoms with Gasteiger partial charge in [0.05, 0.1) is 5.02 Å². The molecule has 2 aromatic carbocycles. The van der Waals surface area contributed by atoms with Crippen LogP contribution in [0.3, 0.4) is 0 Å². The summed E-state index contributed by atoms with van der Waals surface area (Å²) in [6, 6.07) is 18.2. The van der Waals surface area contributed by atoms with Crippen molar-refractivity contribution < 1.29 is 9.59 Å². The lowest BCUT2D eigenvalue weighted by Crippen LogP contribution is -2.53. The van der Waals surface area contributed by atoms with E-state index in [1.54, 1.807) is 36.4 Å². The fourth-order valence-corrected chi connectivity index (χ4v) is 4.08. The van der Waals surface area contributed by atoms with Crippen molar-refractivity contribution in [3.8, 4) is 0 Å². The molecule has 0 saturated heterocycles. The predicted molar refractivity (Wildman–Crippen MR) is 135 cm³/mol. The van der Waals surface area contributed by atoms with Crippen LogP contribution >= 0.6 is 11.6 Å². The molecule has 1 aliphatic heterocycles. The molecule has 4 rings (SSSR count). The first-order chi connectivity index (χ1) is 16.3. The number of carbonyl (C=O) groups excluding carboxylic acids is 2. The number of urea groups is 1. The number of rotatable bonds is 6. The number of carbonyl (C=O) groups is 2. The van der Waals surface area contributed by atoms with E-state index >= 15 is 0 Å². The number of amides is 3. The summed E-state index contributed by atoms with van der Waals surface area (Å²) in [5.41, 5.74) is 3.46. The van der Waals surface area contributed by atoms with Gasteiger partial charge in [-0.3, -0.25) is 9.69 Å². The number of anilines is 2. The zero-order chi connectivity index (χ0) is 24.1. The van der Waals surface area contributed by atoms with Gasteiger partial charge in [-0.1, -0.05) is 41.9 Å². The smallest absolute Gasteiger partial charge is 0.319 e. The number of nitrogens with one attached hydrogen (secondary N) is 3. The quantitative estimate of drug-likeness (QED) is 0.469. The Morgan fingerprint density at radius 1 is 1.03 bits per heavy atom.